The third-order valence-corrected chi connectivity index (χ3v) is 4.94. The molecule has 0 spiro atoms. The molecule has 1 saturated heterocycles. The number of rotatable bonds is 3. The van der Waals surface area contributed by atoms with Gasteiger partial charge in [0.1, 0.15) is 10.7 Å². The Morgan fingerprint density at radius 1 is 1.50 bits per heavy atom. The molecule has 1 atom stereocenters. The molecule has 4 nitrogen and oxygen atoms in total. The van der Waals surface area contributed by atoms with Crippen molar-refractivity contribution >= 4 is 26.0 Å². The van der Waals surface area contributed by atoms with Crippen molar-refractivity contribution in [1.82, 2.24) is 9.62 Å². The van der Waals surface area contributed by atoms with Crippen LogP contribution in [0.15, 0.2) is 27.6 Å². The van der Waals surface area contributed by atoms with E-state index in [4.69, 9.17) is 0 Å². The molecule has 0 saturated carbocycles. The molecule has 2 rings (SSSR count). The zero-order valence-corrected chi connectivity index (χ0v) is 12.3. The number of hydrogen-bond donors (Lipinski definition) is 1. The van der Waals surface area contributed by atoms with Crippen LogP contribution in [-0.2, 0) is 10.0 Å². The average Bonchev–Trinajstić information content (AvgIpc) is 2.62. The number of sulfonamides is 1. The van der Waals surface area contributed by atoms with Crippen molar-refractivity contribution in [2.24, 2.45) is 0 Å². The smallest absolute Gasteiger partial charge is 0.243 e. The molecule has 1 aliphatic rings. The van der Waals surface area contributed by atoms with Crippen LogP contribution in [-0.4, -0.2) is 39.5 Å². The van der Waals surface area contributed by atoms with E-state index in [1.165, 1.54) is 12.1 Å². The van der Waals surface area contributed by atoms with Crippen LogP contribution >= 0.6 is 15.9 Å². The van der Waals surface area contributed by atoms with Crippen molar-refractivity contribution in [2.45, 2.75) is 17.4 Å². The molecule has 7 heteroatoms. The second-order valence-electron chi connectivity index (χ2n) is 4.44. The maximum absolute atomic E-state index is 13.6. The normalized spacial score (nSPS) is 21.4. The Balaban J connectivity index is 2.20. The molecule has 1 aliphatic heterocycles. The van der Waals surface area contributed by atoms with Crippen LogP contribution in [0.2, 0.25) is 0 Å². The van der Waals surface area contributed by atoms with Gasteiger partial charge in [0.05, 0.1) is 0 Å². The van der Waals surface area contributed by atoms with Crippen LogP contribution in [0.3, 0.4) is 0 Å². The van der Waals surface area contributed by atoms with Crippen LogP contribution in [0.1, 0.15) is 6.42 Å². The molecule has 0 radical (unpaired) electrons. The van der Waals surface area contributed by atoms with Gasteiger partial charge in [-0.1, -0.05) is 15.9 Å². The second-order valence-corrected chi connectivity index (χ2v) is 7.04. The number of hydrogen-bond acceptors (Lipinski definition) is 3. The number of likely N-dealkylation sites (N-methyl/N-ethyl adjacent to an activating group) is 1. The first-order chi connectivity index (χ1) is 8.38. The van der Waals surface area contributed by atoms with Crippen LogP contribution in [0, 0.1) is 5.82 Å². The van der Waals surface area contributed by atoms with E-state index in [0.717, 1.165) is 19.0 Å². The first-order valence-corrected chi connectivity index (χ1v) is 7.82. The fourth-order valence-corrected chi connectivity index (χ4v) is 3.66. The molecule has 1 heterocycles. The monoisotopic (exact) mass is 336 g/mol. The summed E-state index contributed by atoms with van der Waals surface area (Å²) in [6.07, 6.45) is 0.744. The van der Waals surface area contributed by atoms with Gasteiger partial charge in [0, 0.05) is 17.1 Å². The molecular weight excluding hydrogens is 323 g/mol. The topological polar surface area (TPSA) is 49.4 Å². The number of benzene rings is 1. The van der Waals surface area contributed by atoms with E-state index in [1.54, 1.807) is 0 Å². The minimum Gasteiger partial charge on any atom is -0.305 e. The summed E-state index contributed by atoms with van der Waals surface area (Å²) in [5.74, 6) is -0.747. The van der Waals surface area contributed by atoms with E-state index in [-0.39, 0.29) is 10.9 Å². The molecule has 100 valence electrons. The van der Waals surface area contributed by atoms with Gasteiger partial charge in [-0.3, -0.25) is 0 Å². The lowest BCUT2D eigenvalue weighted by Gasteiger charge is -2.13. The summed E-state index contributed by atoms with van der Waals surface area (Å²) in [7, 11) is -1.86. The maximum Gasteiger partial charge on any atom is 0.243 e. The second kappa shape index (κ2) is 5.24. The largest absolute Gasteiger partial charge is 0.305 e. The van der Waals surface area contributed by atoms with Gasteiger partial charge < -0.3 is 4.90 Å². The summed E-state index contributed by atoms with van der Waals surface area (Å²) in [5.41, 5.74) is 0. The Labute approximate surface area is 114 Å². The summed E-state index contributed by atoms with van der Waals surface area (Å²) >= 11 is 3.10. The highest BCUT2D eigenvalue weighted by atomic mass is 79.9. The van der Waals surface area contributed by atoms with Crippen LogP contribution < -0.4 is 4.72 Å². The van der Waals surface area contributed by atoms with Gasteiger partial charge in [-0.2, -0.15) is 0 Å². The fourth-order valence-electron chi connectivity index (χ4n) is 2.01. The SMILES string of the molecule is CN1CCC(NS(=O)(=O)c2ccc(Br)cc2F)C1. The molecule has 0 aromatic heterocycles. The fraction of sp³-hybridized carbons (Fsp3) is 0.455. The first kappa shape index (κ1) is 13.9. The molecular formula is C11H14BrFN2O2S. The standard InChI is InChI=1S/C11H14BrFN2O2S/c1-15-5-4-9(7-15)14-18(16,17)11-3-2-8(12)6-10(11)13/h2-3,6,9,14H,4-5,7H2,1H3. The van der Waals surface area contributed by atoms with E-state index in [9.17, 15) is 12.8 Å². The van der Waals surface area contributed by atoms with Crippen LogP contribution in [0.25, 0.3) is 0 Å². The average molecular weight is 337 g/mol. The zero-order chi connectivity index (χ0) is 13.3. The van der Waals surface area contributed by atoms with Gasteiger partial charge in [0.15, 0.2) is 0 Å². The third kappa shape index (κ3) is 3.09. The lowest BCUT2D eigenvalue weighted by atomic mass is 10.3. The first-order valence-electron chi connectivity index (χ1n) is 5.54. The summed E-state index contributed by atoms with van der Waals surface area (Å²) in [6, 6.07) is 3.77. The van der Waals surface area contributed by atoms with E-state index in [0.29, 0.717) is 11.0 Å². The van der Waals surface area contributed by atoms with Gasteiger partial charge in [0.25, 0.3) is 0 Å². The predicted molar refractivity (Wildman–Crippen MR) is 70.3 cm³/mol. The number of likely N-dealkylation sites (tertiary alicyclic amines) is 1. The Morgan fingerprint density at radius 2 is 2.22 bits per heavy atom. The van der Waals surface area contributed by atoms with Crippen molar-refractivity contribution in [3.8, 4) is 0 Å². The zero-order valence-electron chi connectivity index (χ0n) is 9.86. The number of nitrogens with one attached hydrogen (secondary N) is 1. The summed E-state index contributed by atoms with van der Waals surface area (Å²) in [6.45, 7) is 1.49. The molecule has 0 bridgehead atoms. The van der Waals surface area contributed by atoms with Crippen molar-refractivity contribution in [1.29, 1.82) is 0 Å². The quantitative estimate of drug-likeness (QED) is 0.911. The predicted octanol–water partition coefficient (Wildman–Crippen LogP) is 1.57. The van der Waals surface area contributed by atoms with Crippen LogP contribution in [0.4, 0.5) is 4.39 Å². The van der Waals surface area contributed by atoms with Crippen LogP contribution in [0.5, 0.6) is 0 Å². The lowest BCUT2D eigenvalue weighted by molar-refractivity contribution is 0.407. The summed E-state index contributed by atoms with van der Waals surface area (Å²) in [5, 5.41) is 0. The Hall–Kier alpha value is -0.500. The van der Waals surface area contributed by atoms with Crippen molar-refractivity contribution < 1.29 is 12.8 Å². The van der Waals surface area contributed by atoms with Crippen molar-refractivity contribution in [3.63, 3.8) is 0 Å². The Bertz CT molecular complexity index is 550. The number of halogens is 2. The molecule has 18 heavy (non-hydrogen) atoms. The molecule has 0 aliphatic carbocycles. The van der Waals surface area contributed by atoms with E-state index < -0.39 is 15.8 Å². The summed E-state index contributed by atoms with van der Waals surface area (Å²) < 4.78 is 40.8. The highest BCUT2D eigenvalue weighted by molar-refractivity contribution is 9.10. The van der Waals surface area contributed by atoms with Gasteiger partial charge in [0.2, 0.25) is 10.0 Å². The Kier molecular flexibility index (Phi) is 4.05. The lowest BCUT2D eigenvalue weighted by Crippen LogP contribution is -2.36. The van der Waals surface area contributed by atoms with Gasteiger partial charge in [-0.15, -0.1) is 0 Å². The van der Waals surface area contributed by atoms with Gasteiger partial charge >= 0.3 is 0 Å². The van der Waals surface area contributed by atoms with E-state index in [1.807, 2.05) is 11.9 Å². The molecule has 0 amide bonds. The minimum absolute atomic E-state index is 0.150. The third-order valence-electron chi connectivity index (χ3n) is 2.90. The van der Waals surface area contributed by atoms with Crippen molar-refractivity contribution in [2.75, 3.05) is 20.1 Å². The summed E-state index contributed by atoms with van der Waals surface area (Å²) in [4.78, 5) is 1.73. The highest BCUT2D eigenvalue weighted by Crippen LogP contribution is 2.20. The van der Waals surface area contributed by atoms with E-state index >= 15 is 0 Å². The molecule has 1 fully saturated rings. The van der Waals surface area contributed by atoms with Gasteiger partial charge in [-0.25, -0.2) is 17.5 Å². The molecule has 1 unspecified atom stereocenters. The van der Waals surface area contributed by atoms with Crippen molar-refractivity contribution in [3.05, 3.63) is 28.5 Å². The number of nitrogens with zero attached hydrogens (tertiary/aromatic N) is 1. The molecule has 1 N–H and O–H groups in total. The molecule has 1 aromatic carbocycles. The van der Waals surface area contributed by atoms with E-state index in [2.05, 4.69) is 20.7 Å². The maximum atomic E-state index is 13.6. The molecule has 1 aromatic rings. The van der Waals surface area contributed by atoms with Gasteiger partial charge in [-0.05, 0) is 38.2 Å². The Morgan fingerprint density at radius 3 is 2.78 bits per heavy atom. The highest BCUT2D eigenvalue weighted by Gasteiger charge is 2.27. The minimum atomic E-state index is -3.79.